The molecule has 0 heterocycles. The number of hydrogen-bond acceptors (Lipinski definition) is 4. The van der Waals surface area contributed by atoms with Crippen LogP contribution in [0.5, 0.6) is 11.5 Å². The molecule has 7 heteroatoms. The number of anilines is 1. The molecule has 27 heavy (non-hydrogen) atoms. The van der Waals surface area contributed by atoms with Gasteiger partial charge in [0, 0.05) is 6.54 Å². The van der Waals surface area contributed by atoms with E-state index in [-0.39, 0.29) is 17.3 Å². The molecule has 0 spiro atoms. The Kier molecular flexibility index (Phi) is 7.55. The number of para-hydroxylation sites is 3. The lowest BCUT2D eigenvalue weighted by molar-refractivity contribution is -0.120. The van der Waals surface area contributed by atoms with Crippen molar-refractivity contribution in [1.82, 2.24) is 4.90 Å². The first-order valence-corrected chi connectivity index (χ1v) is 8.62. The van der Waals surface area contributed by atoms with Crippen LogP contribution in [0.2, 0.25) is 0 Å². The van der Waals surface area contributed by atoms with Gasteiger partial charge in [-0.3, -0.25) is 9.69 Å². The summed E-state index contributed by atoms with van der Waals surface area (Å²) in [4.78, 5) is 14.3. The molecule has 1 N–H and O–H groups in total. The van der Waals surface area contributed by atoms with Crippen LogP contribution in [0.25, 0.3) is 0 Å². The second-order valence-corrected chi connectivity index (χ2v) is 6.13. The predicted octanol–water partition coefficient (Wildman–Crippen LogP) is 3.93. The van der Waals surface area contributed by atoms with Gasteiger partial charge in [-0.15, -0.1) is 0 Å². The number of rotatable bonds is 9. The number of alkyl halides is 2. The standard InChI is InChI=1S/C20H24F2N2O3/c1-14-8-4-6-10-17(14)26-13-12-24(3)15(2)19(25)23-16-9-5-7-11-18(16)27-20(21)22/h4-11,15,20H,12-13H2,1-3H3,(H,23,25). The molecule has 5 nitrogen and oxygen atoms in total. The number of benzene rings is 2. The molecule has 0 aliphatic rings. The van der Waals surface area contributed by atoms with E-state index in [9.17, 15) is 13.6 Å². The Morgan fingerprint density at radius 2 is 1.74 bits per heavy atom. The number of halogens is 2. The zero-order valence-corrected chi connectivity index (χ0v) is 15.6. The lowest BCUT2D eigenvalue weighted by Crippen LogP contribution is -2.41. The molecule has 0 saturated heterocycles. The van der Waals surface area contributed by atoms with E-state index < -0.39 is 12.7 Å². The van der Waals surface area contributed by atoms with Gasteiger partial charge in [-0.2, -0.15) is 8.78 Å². The van der Waals surface area contributed by atoms with Gasteiger partial charge in [0.1, 0.15) is 18.1 Å². The Morgan fingerprint density at radius 1 is 1.11 bits per heavy atom. The number of likely N-dealkylation sites (N-methyl/N-ethyl adjacent to an activating group) is 1. The van der Waals surface area contributed by atoms with E-state index in [1.807, 2.05) is 36.1 Å². The van der Waals surface area contributed by atoms with Crippen molar-refractivity contribution in [2.75, 3.05) is 25.5 Å². The van der Waals surface area contributed by atoms with Crippen molar-refractivity contribution < 1.29 is 23.0 Å². The number of amides is 1. The number of aryl methyl sites for hydroxylation is 1. The minimum atomic E-state index is -2.96. The van der Waals surface area contributed by atoms with Gasteiger partial charge in [0.25, 0.3) is 0 Å². The molecule has 0 aliphatic carbocycles. The number of hydrogen-bond donors (Lipinski definition) is 1. The Bertz CT molecular complexity index is 756. The second-order valence-electron chi connectivity index (χ2n) is 6.13. The highest BCUT2D eigenvalue weighted by molar-refractivity contribution is 5.95. The van der Waals surface area contributed by atoms with E-state index in [0.29, 0.717) is 13.2 Å². The highest BCUT2D eigenvalue weighted by Gasteiger charge is 2.20. The van der Waals surface area contributed by atoms with Gasteiger partial charge in [-0.25, -0.2) is 0 Å². The molecule has 2 aromatic carbocycles. The number of nitrogens with zero attached hydrogens (tertiary/aromatic N) is 1. The Balaban J connectivity index is 1.88. The lowest BCUT2D eigenvalue weighted by Gasteiger charge is -2.24. The third-order valence-corrected chi connectivity index (χ3v) is 4.20. The van der Waals surface area contributed by atoms with Crippen LogP contribution in [0, 0.1) is 6.92 Å². The first kappa shape index (κ1) is 20.6. The molecule has 146 valence electrons. The summed E-state index contributed by atoms with van der Waals surface area (Å²) in [5.41, 5.74) is 1.25. The molecule has 2 aromatic rings. The van der Waals surface area contributed by atoms with Crippen LogP contribution in [-0.2, 0) is 4.79 Å². The molecule has 2 rings (SSSR count). The average molecular weight is 378 g/mol. The third kappa shape index (κ3) is 6.21. The summed E-state index contributed by atoms with van der Waals surface area (Å²) in [5.74, 6) is 0.415. The molecule has 0 aromatic heterocycles. The van der Waals surface area contributed by atoms with E-state index in [0.717, 1.165) is 11.3 Å². The number of nitrogens with one attached hydrogen (secondary N) is 1. The molecular weight excluding hydrogens is 354 g/mol. The molecule has 0 fully saturated rings. The van der Waals surface area contributed by atoms with Gasteiger partial charge in [0.15, 0.2) is 0 Å². The summed E-state index contributed by atoms with van der Waals surface area (Å²) >= 11 is 0. The van der Waals surface area contributed by atoms with Gasteiger partial charge in [-0.1, -0.05) is 30.3 Å². The molecule has 1 unspecified atom stereocenters. The van der Waals surface area contributed by atoms with Gasteiger partial charge < -0.3 is 14.8 Å². The number of ether oxygens (including phenoxy) is 2. The SMILES string of the molecule is Cc1ccccc1OCCN(C)C(C)C(=O)Nc1ccccc1OC(F)F. The van der Waals surface area contributed by atoms with Crippen LogP contribution in [0.4, 0.5) is 14.5 Å². The van der Waals surface area contributed by atoms with Crippen LogP contribution >= 0.6 is 0 Å². The molecule has 0 radical (unpaired) electrons. The Labute approximate surface area is 157 Å². The van der Waals surface area contributed by atoms with Crippen LogP contribution < -0.4 is 14.8 Å². The first-order chi connectivity index (χ1) is 12.9. The molecule has 0 saturated carbocycles. The molecule has 0 aliphatic heterocycles. The zero-order chi connectivity index (χ0) is 19.8. The fraction of sp³-hybridized carbons (Fsp3) is 0.350. The number of carbonyl (C=O) groups is 1. The van der Waals surface area contributed by atoms with Gasteiger partial charge in [0.2, 0.25) is 5.91 Å². The summed E-state index contributed by atoms with van der Waals surface area (Å²) in [6, 6.07) is 13.3. The number of carbonyl (C=O) groups excluding carboxylic acids is 1. The van der Waals surface area contributed by atoms with E-state index in [1.165, 1.54) is 12.1 Å². The summed E-state index contributed by atoms with van der Waals surface area (Å²) in [6.07, 6.45) is 0. The van der Waals surface area contributed by atoms with Crippen molar-refractivity contribution in [2.45, 2.75) is 26.5 Å². The summed E-state index contributed by atoms with van der Waals surface area (Å²) in [5, 5.41) is 2.63. The fourth-order valence-corrected chi connectivity index (χ4v) is 2.42. The van der Waals surface area contributed by atoms with Gasteiger partial charge >= 0.3 is 6.61 Å². The predicted molar refractivity (Wildman–Crippen MR) is 100 cm³/mol. The monoisotopic (exact) mass is 378 g/mol. The smallest absolute Gasteiger partial charge is 0.387 e. The minimum Gasteiger partial charge on any atom is -0.492 e. The maximum atomic E-state index is 12.5. The van der Waals surface area contributed by atoms with Crippen LogP contribution in [0.15, 0.2) is 48.5 Å². The molecule has 1 atom stereocenters. The van der Waals surface area contributed by atoms with E-state index >= 15 is 0 Å². The van der Waals surface area contributed by atoms with Crippen LogP contribution in [-0.4, -0.2) is 43.7 Å². The average Bonchev–Trinajstić information content (AvgIpc) is 2.63. The van der Waals surface area contributed by atoms with Crippen LogP contribution in [0.3, 0.4) is 0 Å². The van der Waals surface area contributed by atoms with E-state index in [1.54, 1.807) is 26.1 Å². The van der Waals surface area contributed by atoms with Crippen molar-refractivity contribution in [1.29, 1.82) is 0 Å². The van der Waals surface area contributed by atoms with Crippen molar-refractivity contribution >= 4 is 11.6 Å². The third-order valence-electron chi connectivity index (χ3n) is 4.20. The Hall–Kier alpha value is -2.67. The van der Waals surface area contributed by atoms with Crippen molar-refractivity contribution in [3.63, 3.8) is 0 Å². The van der Waals surface area contributed by atoms with E-state index in [2.05, 4.69) is 10.1 Å². The highest BCUT2D eigenvalue weighted by atomic mass is 19.3. The lowest BCUT2D eigenvalue weighted by atomic mass is 10.2. The van der Waals surface area contributed by atoms with Crippen LogP contribution in [0.1, 0.15) is 12.5 Å². The molecule has 0 bridgehead atoms. The maximum absolute atomic E-state index is 12.5. The first-order valence-electron chi connectivity index (χ1n) is 8.62. The summed E-state index contributed by atoms with van der Waals surface area (Å²) < 4.78 is 35.1. The topological polar surface area (TPSA) is 50.8 Å². The maximum Gasteiger partial charge on any atom is 0.387 e. The van der Waals surface area contributed by atoms with E-state index in [4.69, 9.17) is 4.74 Å². The van der Waals surface area contributed by atoms with Gasteiger partial charge in [-0.05, 0) is 44.7 Å². The van der Waals surface area contributed by atoms with Crippen molar-refractivity contribution in [3.8, 4) is 11.5 Å². The molecule has 1 amide bonds. The summed E-state index contributed by atoms with van der Waals surface area (Å²) in [6.45, 7) is 1.69. The van der Waals surface area contributed by atoms with Crippen molar-refractivity contribution in [2.24, 2.45) is 0 Å². The van der Waals surface area contributed by atoms with Gasteiger partial charge in [0.05, 0.1) is 11.7 Å². The quantitative estimate of drug-likeness (QED) is 0.718. The highest BCUT2D eigenvalue weighted by Crippen LogP contribution is 2.25. The zero-order valence-electron chi connectivity index (χ0n) is 15.6. The largest absolute Gasteiger partial charge is 0.492 e. The summed E-state index contributed by atoms with van der Waals surface area (Å²) in [7, 11) is 1.80. The van der Waals surface area contributed by atoms with Crippen molar-refractivity contribution in [3.05, 3.63) is 54.1 Å². The minimum absolute atomic E-state index is 0.0708. The Morgan fingerprint density at radius 3 is 2.41 bits per heavy atom. The molecular formula is C20H24F2N2O3. The normalized spacial score (nSPS) is 12.1. The second kappa shape index (κ2) is 9.87. The fourth-order valence-electron chi connectivity index (χ4n) is 2.42.